The number of hydrogen-bond donors (Lipinski definition) is 0. The van der Waals surface area contributed by atoms with Gasteiger partial charge in [0.15, 0.2) is 0 Å². The molecule has 10 rings (SSSR count). The Labute approximate surface area is 272 Å². The van der Waals surface area contributed by atoms with Crippen LogP contribution < -0.4 is 0 Å². The highest BCUT2D eigenvalue weighted by Gasteiger charge is 2.39. The molecule has 9 aromatic rings. The minimum Gasteiger partial charge on any atom is -0.135 e. The van der Waals surface area contributed by atoms with Gasteiger partial charge in [-0.25, -0.2) is 0 Å². The molecule has 1 heterocycles. The smallest absolute Gasteiger partial charge is 0.0437 e. The lowest BCUT2D eigenvalue weighted by Crippen LogP contribution is -2.15. The maximum Gasteiger partial charge on any atom is 0.0437 e. The average molecular weight is 603 g/mol. The number of rotatable bonds is 2. The summed E-state index contributed by atoms with van der Waals surface area (Å²) >= 11 is 1.94. The van der Waals surface area contributed by atoms with Gasteiger partial charge in [0.25, 0.3) is 0 Å². The predicted molar refractivity (Wildman–Crippen MR) is 200 cm³/mol. The van der Waals surface area contributed by atoms with Gasteiger partial charge in [-0.05, 0) is 83.6 Å². The minimum atomic E-state index is -0.128. The molecule has 0 fully saturated rings. The van der Waals surface area contributed by atoms with Gasteiger partial charge in [-0.3, -0.25) is 0 Å². The van der Waals surface area contributed by atoms with E-state index in [0.29, 0.717) is 0 Å². The van der Waals surface area contributed by atoms with Gasteiger partial charge in [-0.15, -0.1) is 11.3 Å². The number of thiophene rings is 1. The van der Waals surface area contributed by atoms with E-state index in [1.165, 1.54) is 97.0 Å². The highest BCUT2D eigenvalue weighted by atomic mass is 32.1. The zero-order chi connectivity index (χ0) is 30.6. The normalized spacial score (nSPS) is 13.6. The molecule has 0 atom stereocenters. The van der Waals surface area contributed by atoms with E-state index in [1.807, 2.05) is 11.3 Å². The quantitative estimate of drug-likeness (QED) is 0.173. The molecule has 1 aliphatic rings. The van der Waals surface area contributed by atoms with E-state index in [0.717, 1.165) is 0 Å². The molecule has 0 saturated heterocycles. The molecule has 0 spiro atoms. The van der Waals surface area contributed by atoms with Crippen LogP contribution in [0.25, 0.3) is 85.9 Å². The summed E-state index contributed by atoms with van der Waals surface area (Å²) in [7, 11) is 0. The Morgan fingerprint density at radius 2 is 0.935 bits per heavy atom. The van der Waals surface area contributed by atoms with Crippen LogP contribution in [0.1, 0.15) is 25.0 Å². The lowest BCUT2D eigenvalue weighted by Gasteiger charge is -2.23. The molecule has 46 heavy (non-hydrogen) atoms. The minimum absolute atomic E-state index is 0.128. The van der Waals surface area contributed by atoms with Crippen LogP contribution in [0.3, 0.4) is 0 Å². The zero-order valence-electron chi connectivity index (χ0n) is 25.8. The molecule has 8 aromatic carbocycles. The largest absolute Gasteiger partial charge is 0.135 e. The van der Waals surface area contributed by atoms with E-state index in [-0.39, 0.29) is 5.41 Å². The van der Waals surface area contributed by atoms with Crippen LogP contribution in [0.15, 0.2) is 146 Å². The maximum atomic E-state index is 2.51. The lowest BCUT2D eigenvalue weighted by molar-refractivity contribution is 0.667. The van der Waals surface area contributed by atoms with E-state index in [2.05, 4.69) is 159 Å². The number of benzene rings is 8. The van der Waals surface area contributed by atoms with Crippen molar-refractivity contribution in [2.45, 2.75) is 19.3 Å². The lowest BCUT2D eigenvalue weighted by atomic mass is 9.79. The molecular formula is C45H30S. The van der Waals surface area contributed by atoms with Crippen molar-refractivity contribution < 1.29 is 0 Å². The fraction of sp³-hybridized carbons (Fsp3) is 0.0667. The van der Waals surface area contributed by atoms with Gasteiger partial charge in [0.05, 0.1) is 0 Å². The Balaban J connectivity index is 1.33. The molecule has 0 aliphatic heterocycles. The summed E-state index contributed by atoms with van der Waals surface area (Å²) in [4.78, 5) is 0. The van der Waals surface area contributed by atoms with Crippen LogP contribution in [0.2, 0.25) is 0 Å². The van der Waals surface area contributed by atoms with Gasteiger partial charge in [-0.2, -0.15) is 0 Å². The van der Waals surface area contributed by atoms with Crippen molar-refractivity contribution in [1.82, 2.24) is 0 Å². The topological polar surface area (TPSA) is 0 Å². The van der Waals surface area contributed by atoms with Crippen molar-refractivity contribution in [2.75, 3.05) is 0 Å². The standard InChI is InChI=1S/C45H30S/c1-45(2)37-25-24-28(40-31-18-8-6-16-29(31)39(27-14-4-3-5-15-27)30-17-7-9-19-32(30)40)26-36(37)41-33-20-10-11-21-34(33)44-42(43(41)45)35-22-12-13-23-38(35)46-44/h3-26H,1-2H3. The fourth-order valence-corrected chi connectivity index (χ4v) is 9.74. The van der Waals surface area contributed by atoms with Crippen LogP contribution in [-0.4, -0.2) is 0 Å². The molecule has 0 nitrogen and oxygen atoms in total. The Hall–Kier alpha value is -5.24. The molecule has 1 aromatic heterocycles. The van der Waals surface area contributed by atoms with Crippen molar-refractivity contribution in [3.05, 3.63) is 157 Å². The van der Waals surface area contributed by atoms with Crippen LogP contribution in [0.5, 0.6) is 0 Å². The first-order valence-corrected chi connectivity index (χ1v) is 16.9. The van der Waals surface area contributed by atoms with Gasteiger partial charge in [0.2, 0.25) is 0 Å². The van der Waals surface area contributed by atoms with Crippen LogP contribution in [0.4, 0.5) is 0 Å². The van der Waals surface area contributed by atoms with Crippen molar-refractivity contribution in [3.8, 4) is 33.4 Å². The van der Waals surface area contributed by atoms with Gasteiger partial charge in [0.1, 0.15) is 0 Å². The molecule has 0 unspecified atom stereocenters. The molecule has 1 aliphatic carbocycles. The highest BCUT2D eigenvalue weighted by molar-refractivity contribution is 7.26. The van der Waals surface area contributed by atoms with E-state index < -0.39 is 0 Å². The molecule has 0 radical (unpaired) electrons. The van der Waals surface area contributed by atoms with Crippen molar-refractivity contribution in [1.29, 1.82) is 0 Å². The molecule has 0 N–H and O–H groups in total. The molecular weight excluding hydrogens is 573 g/mol. The summed E-state index contributed by atoms with van der Waals surface area (Å²) in [5.41, 5.74) is 10.7. The van der Waals surface area contributed by atoms with Gasteiger partial charge < -0.3 is 0 Å². The first kappa shape index (κ1) is 26.0. The first-order valence-electron chi connectivity index (χ1n) is 16.1. The Morgan fingerprint density at radius 1 is 0.435 bits per heavy atom. The van der Waals surface area contributed by atoms with Crippen molar-refractivity contribution >= 4 is 63.8 Å². The Kier molecular flexibility index (Phi) is 5.31. The van der Waals surface area contributed by atoms with Gasteiger partial charge in [0, 0.05) is 31.0 Å². The van der Waals surface area contributed by atoms with Crippen molar-refractivity contribution in [2.24, 2.45) is 0 Å². The van der Waals surface area contributed by atoms with Crippen LogP contribution in [0, 0.1) is 0 Å². The van der Waals surface area contributed by atoms with Gasteiger partial charge in [-0.1, -0.05) is 147 Å². The summed E-state index contributed by atoms with van der Waals surface area (Å²) in [5, 5.41) is 10.7. The molecule has 0 saturated carbocycles. The van der Waals surface area contributed by atoms with E-state index in [4.69, 9.17) is 0 Å². The maximum absolute atomic E-state index is 2.51. The molecule has 216 valence electrons. The predicted octanol–water partition coefficient (Wildman–Crippen LogP) is 13.2. The van der Waals surface area contributed by atoms with E-state index in [9.17, 15) is 0 Å². The van der Waals surface area contributed by atoms with Gasteiger partial charge >= 0.3 is 0 Å². The average Bonchev–Trinajstić information content (AvgIpc) is 3.60. The highest BCUT2D eigenvalue weighted by Crippen LogP contribution is 2.58. The summed E-state index contributed by atoms with van der Waals surface area (Å²) < 4.78 is 2.77. The van der Waals surface area contributed by atoms with Crippen LogP contribution in [-0.2, 0) is 5.41 Å². The summed E-state index contributed by atoms with van der Waals surface area (Å²) in [6.07, 6.45) is 0. The Morgan fingerprint density at radius 3 is 1.57 bits per heavy atom. The second-order valence-electron chi connectivity index (χ2n) is 13.2. The van der Waals surface area contributed by atoms with E-state index >= 15 is 0 Å². The zero-order valence-corrected chi connectivity index (χ0v) is 26.6. The first-order chi connectivity index (χ1) is 22.6. The van der Waals surface area contributed by atoms with Crippen LogP contribution >= 0.6 is 11.3 Å². The second-order valence-corrected chi connectivity index (χ2v) is 14.2. The number of fused-ring (bicyclic) bond motifs is 12. The summed E-state index contributed by atoms with van der Waals surface area (Å²) in [6.45, 7) is 4.86. The monoisotopic (exact) mass is 602 g/mol. The van der Waals surface area contributed by atoms with E-state index in [1.54, 1.807) is 0 Å². The summed E-state index contributed by atoms with van der Waals surface area (Å²) in [5.74, 6) is 0. The summed E-state index contributed by atoms with van der Waals surface area (Å²) in [6, 6.07) is 54.2. The Bertz CT molecular complexity index is 2650. The van der Waals surface area contributed by atoms with Crippen molar-refractivity contribution in [3.63, 3.8) is 0 Å². The molecule has 0 amide bonds. The fourth-order valence-electron chi connectivity index (χ4n) is 8.49. The molecule has 1 heteroatoms. The number of hydrogen-bond acceptors (Lipinski definition) is 1. The SMILES string of the molecule is CC1(C)c2ccc(-c3c4ccccc4c(-c4ccccc4)c4ccccc34)cc2-c2c1c1c3ccccc3sc1c1ccccc21. The third-order valence-corrected chi connectivity index (χ3v) is 11.6. The second kappa shape index (κ2) is 9.39. The third kappa shape index (κ3) is 3.39. The molecule has 0 bridgehead atoms. The third-order valence-electron chi connectivity index (χ3n) is 10.4.